The summed E-state index contributed by atoms with van der Waals surface area (Å²) in [5.74, 6) is -0.418. The number of nitrogens with zero attached hydrogens (tertiary/aromatic N) is 3. The van der Waals surface area contributed by atoms with Gasteiger partial charge >= 0.3 is 0 Å². The fourth-order valence-corrected chi connectivity index (χ4v) is 0.866. The van der Waals surface area contributed by atoms with Crippen molar-refractivity contribution in [3.05, 3.63) is 39.9 Å². The number of rotatable bonds is 3. The van der Waals surface area contributed by atoms with Gasteiger partial charge in [-0.1, -0.05) is 17.6 Å². The van der Waals surface area contributed by atoms with Crippen LogP contribution in [-0.2, 0) is 0 Å². The largest absolute Gasteiger partial charge is 0.507 e. The lowest BCUT2D eigenvalue weighted by atomic mass is 10.2. The maximum absolute atomic E-state index is 9.94. The molecule has 8 heteroatoms. The molecule has 0 fully saturated rings. The first-order valence-corrected chi connectivity index (χ1v) is 4.15. The van der Waals surface area contributed by atoms with E-state index in [0.717, 1.165) is 0 Å². The van der Waals surface area contributed by atoms with E-state index in [1.165, 1.54) is 12.3 Å². The van der Waals surface area contributed by atoms with Crippen molar-refractivity contribution in [2.75, 3.05) is 0 Å². The normalized spacial score (nSPS) is 11.6. The number of para-hydroxylation sites is 1. The molecule has 1 aromatic carbocycles. The number of nitrogens with two attached hydrogens (primary N) is 1. The molecule has 4 N–H and O–H groups in total. The number of benzene rings is 1. The summed E-state index contributed by atoms with van der Waals surface area (Å²) >= 11 is 0. The molecular weight excluding hydrogens is 214 g/mol. The molecule has 16 heavy (non-hydrogen) atoms. The topological polar surface area (TPSA) is 126 Å². The van der Waals surface area contributed by atoms with Crippen LogP contribution in [0.2, 0.25) is 0 Å². The van der Waals surface area contributed by atoms with Gasteiger partial charge in [0.05, 0.1) is 6.21 Å². The highest BCUT2D eigenvalue weighted by Gasteiger charge is 1.97. The van der Waals surface area contributed by atoms with Crippen LogP contribution in [0.3, 0.4) is 0 Å². The molecular formula is C8H9N5O3. The molecule has 0 aromatic heterocycles. The van der Waals surface area contributed by atoms with Crippen LogP contribution in [0.4, 0.5) is 0 Å². The Kier molecular flexibility index (Phi) is 3.78. The molecule has 0 aliphatic carbocycles. The Balaban J connectivity index is 2.68. The van der Waals surface area contributed by atoms with E-state index in [4.69, 9.17) is 5.73 Å². The van der Waals surface area contributed by atoms with Crippen molar-refractivity contribution in [1.29, 1.82) is 0 Å². The summed E-state index contributed by atoms with van der Waals surface area (Å²) in [5, 5.41) is 25.2. The number of hydrogen-bond acceptors (Lipinski definition) is 5. The first kappa shape index (κ1) is 11.4. The van der Waals surface area contributed by atoms with Gasteiger partial charge in [0.1, 0.15) is 5.75 Å². The maximum Gasteiger partial charge on any atom is 0.275 e. The lowest BCUT2D eigenvalue weighted by Crippen LogP contribution is -2.35. The zero-order valence-corrected chi connectivity index (χ0v) is 8.07. The van der Waals surface area contributed by atoms with Crippen molar-refractivity contribution in [3.8, 4) is 5.75 Å². The molecule has 0 spiro atoms. The average molecular weight is 223 g/mol. The molecule has 1 rings (SSSR count). The molecule has 0 aliphatic rings. The van der Waals surface area contributed by atoms with Gasteiger partial charge in [-0.3, -0.25) is 0 Å². The van der Waals surface area contributed by atoms with Crippen molar-refractivity contribution in [2.45, 2.75) is 0 Å². The van der Waals surface area contributed by atoms with Gasteiger partial charge in [-0.25, -0.2) is 10.1 Å². The summed E-state index contributed by atoms with van der Waals surface area (Å²) in [6.07, 6.45) is 1.23. The van der Waals surface area contributed by atoms with Gasteiger partial charge in [-0.15, -0.1) is 5.10 Å². The molecule has 0 aliphatic heterocycles. The Morgan fingerprint density at radius 1 is 1.56 bits per heavy atom. The first-order valence-electron chi connectivity index (χ1n) is 4.15. The van der Waals surface area contributed by atoms with Crippen molar-refractivity contribution < 1.29 is 10.1 Å². The minimum Gasteiger partial charge on any atom is -0.507 e. The number of hydrogen-bond donors (Lipinski definition) is 3. The predicted octanol–water partition coefficient (Wildman–Crippen LogP) is -0.178. The average Bonchev–Trinajstić information content (AvgIpc) is 2.19. The summed E-state index contributed by atoms with van der Waals surface area (Å²) in [6, 6.07) is 6.43. The van der Waals surface area contributed by atoms with Crippen LogP contribution in [-0.4, -0.2) is 22.3 Å². The van der Waals surface area contributed by atoms with Crippen LogP contribution in [0.25, 0.3) is 0 Å². The van der Waals surface area contributed by atoms with Crippen LogP contribution in [0.5, 0.6) is 5.75 Å². The highest BCUT2D eigenvalue weighted by atomic mass is 16.7. The number of nitro groups is 1. The third-order valence-corrected chi connectivity index (χ3v) is 1.50. The summed E-state index contributed by atoms with van der Waals surface area (Å²) in [5.41, 5.74) is 7.15. The van der Waals surface area contributed by atoms with E-state index in [1.54, 1.807) is 23.6 Å². The monoisotopic (exact) mass is 223 g/mol. The van der Waals surface area contributed by atoms with E-state index in [-0.39, 0.29) is 5.75 Å². The molecule has 8 nitrogen and oxygen atoms in total. The van der Waals surface area contributed by atoms with Crippen molar-refractivity contribution in [3.63, 3.8) is 0 Å². The Morgan fingerprint density at radius 2 is 2.25 bits per heavy atom. The van der Waals surface area contributed by atoms with Crippen LogP contribution in [0.1, 0.15) is 5.56 Å². The smallest absolute Gasteiger partial charge is 0.275 e. The van der Waals surface area contributed by atoms with E-state index in [2.05, 4.69) is 10.2 Å². The standard InChI is InChI=1S/C8H9N5O3/c9-8(12-13(15)16)11-10-5-6-3-1-2-4-7(6)14/h1-5,14H,(H3,9,11,12)/b10-5+. The Labute approximate surface area is 90.2 Å². The second kappa shape index (κ2) is 5.29. The molecule has 0 heterocycles. The molecule has 0 radical (unpaired) electrons. The zero-order valence-electron chi connectivity index (χ0n) is 8.07. The molecule has 0 amide bonds. The lowest BCUT2D eigenvalue weighted by Gasteiger charge is -1.95. The van der Waals surface area contributed by atoms with Gasteiger partial charge in [0, 0.05) is 5.56 Å². The number of phenols is 1. The summed E-state index contributed by atoms with van der Waals surface area (Å²) in [6.45, 7) is 0. The van der Waals surface area contributed by atoms with Gasteiger partial charge in [0.25, 0.3) is 5.96 Å². The fourth-order valence-electron chi connectivity index (χ4n) is 0.866. The second-order valence-corrected chi connectivity index (χ2v) is 2.66. The Morgan fingerprint density at radius 3 is 2.88 bits per heavy atom. The Hall–Kier alpha value is -2.64. The number of guanidine groups is 1. The minimum atomic E-state index is -0.853. The van der Waals surface area contributed by atoms with E-state index < -0.39 is 11.0 Å². The quantitative estimate of drug-likeness (QED) is 0.283. The number of nitrogens with one attached hydrogen (secondary N) is 1. The number of aromatic hydroxyl groups is 1. The van der Waals surface area contributed by atoms with Crippen molar-refractivity contribution in [1.82, 2.24) is 5.43 Å². The van der Waals surface area contributed by atoms with Gasteiger partial charge in [0.15, 0.2) is 5.03 Å². The van der Waals surface area contributed by atoms with Gasteiger partial charge in [-0.05, 0) is 12.1 Å². The summed E-state index contributed by atoms with van der Waals surface area (Å²) in [7, 11) is 0. The molecule has 0 atom stereocenters. The molecule has 0 saturated carbocycles. The van der Waals surface area contributed by atoms with Crippen LogP contribution in [0.15, 0.2) is 34.5 Å². The molecule has 1 aromatic rings. The lowest BCUT2D eigenvalue weighted by molar-refractivity contribution is -0.525. The van der Waals surface area contributed by atoms with Crippen molar-refractivity contribution in [2.24, 2.45) is 15.9 Å². The number of hydrazine groups is 1. The second-order valence-electron chi connectivity index (χ2n) is 2.66. The third kappa shape index (κ3) is 3.62. The molecule has 84 valence electrons. The van der Waals surface area contributed by atoms with Gasteiger partial charge < -0.3 is 10.8 Å². The van der Waals surface area contributed by atoms with E-state index >= 15 is 0 Å². The van der Waals surface area contributed by atoms with E-state index in [1.807, 2.05) is 0 Å². The van der Waals surface area contributed by atoms with Crippen molar-refractivity contribution >= 4 is 12.2 Å². The van der Waals surface area contributed by atoms with Crippen LogP contribution >= 0.6 is 0 Å². The summed E-state index contributed by atoms with van der Waals surface area (Å²) in [4.78, 5) is 9.94. The molecule has 0 bridgehead atoms. The Bertz CT molecular complexity index is 443. The fraction of sp³-hybridized carbons (Fsp3) is 0. The minimum absolute atomic E-state index is 0.0299. The predicted molar refractivity (Wildman–Crippen MR) is 57.5 cm³/mol. The highest BCUT2D eigenvalue weighted by Crippen LogP contribution is 2.12. The molecule has 0 saturated heterocycles. The SMILES string of the molecule is NC(=N/N=C/c1ccccc1O)N[N+](=O)[O-]. The summed E-state index contributed by atoms with van der Waals surface area (Å²) < 4.78 is 0. The first-order chi connectivity index (χ1) is 7.59. The third-order valence-electron chi connectivity index (χ3n) is 1.50. The molecule has 0 unspecified atom stereocenters. The van der Waals surface area contributed by atoms with E-state index in [0.29, 0.717) is 5.56 Å². The maximum atomic E-state index is 9.94. The highest BCUT2D eigenvalue weighted by molar-refractivity contribution is 5.84. The van der Waals surface area contributed by atoms with Gasteiger partial charge in [-0.2, -0.15) is 5.10 Å². The zero-order chi connectivity index (χ0) is 12.0. The van der Waals surface area contributed by atoms with Crippen LogP contribution in [0, 0.1) is 10.1 Å². The van der Waals surface area contributed by atoms with Gasteiger partial charge in [0.2, 0.25) is 0 Å². The van der Waals surface area contributed by atoms with E-state index in [9.17, 15) is 15.2 Å². The van der Waals surface area contributed by atoms with Crippen LogP contribution < -0.4 is 11.2 Å². The number of phenolic OH excluding ortho intramolecular Hbond substituents is 1.